The summed E-state index contributed by atoms with van der Waals surface area (Å²) in [5, 5.41) is 5.84. The van der Waals surface area contributed by atoms with Gasteiger partial charge in [0.25, 0.3) is 0 Å². The van der Waals surface area contributed by atoms with Gasteiger partial charge in [-0.1, -0.05) is 12.1 Å². The van der Waals surface area contributed by atoms with Gasteiger partial charge in [0.15, 0.2) is 0 Å². The van der Waals surface area contributed by atoms with Crippen molar-refractivity contribution in [3.63, 3.8) is 0 Å². The van der Waals surface area contributed by atoms with E-state index >= 15 is 0 Å². The number of hydrogen-bond acceptors (Lipinski definition) is 3. The molecule has 106 valence electrons. The number of aryl methyl sites for hydroxylation is 1. The standard InChI is InChI=1S/C17H21NOS/c1-12-6-7-20-17(12)11-18-15-8-14(9-15)13-4-3-5-16(10-13)19-2/h3-7,10,14-15,18H,8-9,11H2,1-2H3. The van der Waals surface area contributed by atoms with Crippen molar-refractivity contribution in [1.29, 1.82) is 0 Å². The van der Waals surface area contributed by atoms with Gasteiger partial charge < -0.3 is 10.1 Å². The van der Waals surface area contributed by atoms with Gasteiger partial charge in [-0.3, -0.25) is 0 Å². The largest absolute Gasteiger partial charge is 0.497 e. The van der Waals surface area contributed by atoms with E-state index in [1.54, 1.807) is 7.11 Å². The van der Waals surface area contributed by atoms with Gasteiger partial charge in [-0.25, -0.2) is 0 Å². The zero-order chi connectivity index (χ0) is 13.9. The first-order valence-electron chi connectivity index (χ1n) is 7.16. The fourth-order valence-electron chi connectivity index (χ4n) is 2.77. The predicted octanol–water partition coefficient (Wildman–Crippen LogP) is 4.10. The Morgan fingerprint density at radius 3 is 2.85 bits per heavy atom. The van der Waals surface area contributed by atoms with E-state index in [0.29, 0.717) is 12.0 Å². The Labute approximate surface area is 124 Å². The number of hydrogen-bond donors (Lipinski definition) is 1. The molecule has 0 atom stereocenters. The molecular weight excluding hydrogens is 266 g/mol. The Bertz CT molecular complexity index is 572. The van der Waals surface area contributed by atoms with E-state index in [1.165, 1.54) is 28.8 Å². The first-order valence-corrected chi connectivity index (χ1v) is 8.04. The van der Waals surface area contributed by atoms with Gasteiger partial charge in [-0.05, 0) is 60.4 Å². The predicted molar refractivity (Wildman–Crippen MR) is 84.7 cm³/mol. The number of ether oxygens (including phenoxy) is 1. The van der Waals surface area contributed by atoms with Gasteiger partial charge >= 0.3 is 0 Å². The summed E-state index contributed by atoms with van der Waals surface area (Å²) in [5.74, 6) is 1.65. The van der Waals surface area contributed by atoms with E-state index in [1.807, 2.05) is 17.4 Å². The molecule has 0 saturated heterocycles. The van der Waals surface area contributed by atoms with Gasteiger partial charge in [0.1, 0.15) is 5.75 Å². The molecule has 2 aromatic rings. The zero-order valence-corrected chi connectivity index (χ0v) is 12.9. The maximum Gasteiger partial charge on any atom is 0.119 e. The van der Waals surface area contributed by atoms with Crippen LogP contribution >= 0.6 is 11.3 Å². The number of methoxy groups -OCH3 is 1. The minimum Gasteiger partial charge on any atom is -0.497 e. The number of nitrogens with one attached hydrogen (secondary N) is 1. The molecule has 1 fully saturated rings. The van der Waals surface area contributed by atoms with Crippen molar-refractivity contribution >= 4 is 11.3 Å². The summed E-state index contributed by atoms with van der Waals surface area (Å²) in [4.78, 5) is 1.47. The molecule has 1 aromatic carbocycles. The second-order valence-corrected chi connectivity index (χ2v) is 6.55. The number of thiophene rings is 1. The van der Waals surface area contributed by atoms with E-state index in [4.69, 9.17) is 4.74 Å². The van der Waals surface area contributed by atoms with Crippen LogP contribution in [-0.4, -0.2) is 13.2 Å². The summed E-state index contributed by atoms with van der Waals surface area (Å²) >= 11 is 1.85. The molecule has 1 aromatic heterocycles. The minimum absolute atomic E-state index is 0.660. The van der Waals surface area contributed by atoms with E-state index in [9.17, 15) is 0 Å². The second-order valence-electron chi connectivity index (χ2n) is 5.55. The highest BCUT2D eigenvalue weighted by molar-refractivity contribution is 7.10. The average molecular weight is 287 g/mol. The fourth-order valence-corrected chi connectivity index (χ4v) is 3.63. The van der Waals surface area contributed by atoms with Crippen LogP contribution in [0.3, 0.4) is 0 Å². The van der Waals surface area contributed by atoms with E-state index in [2.05, 4.69) is 41.9 Å². The molecule has 0 radical (unpaired) electrons. The maximum atomic E-state index is 5.30. The van der Waals surface area contributed by atoms with Crippen LogP contribution in [0.4, 0.5) is 0 Å². The Morgan fingerprint density at radius 1 is 1.30 bits per heavy atom. The fraction of sp³-hybridized carbons (Fsp3) is 0.412. The Morgan fingerprint density at radius 2 is 2.15 bits per heavy atom. The van der Waals surface area contributed by atoms with Crippen LogP contribution < -0.4 is 10.1 Å². The van der Waals surface area contributed by atoms with Crippen LogP contribution in [0, 0.1) is 6.92 Å². The van der Waals surface area contributed by atoms with Crippen molar-refractivity contribution in [3.8, 4) is 5.75 Å². The van der Waals surface area contributed by atoms with Gasteiger partial charge in [0.2, 0.25) is 0 Å². The van der Waals surface area contributed by atoms with Gasteiger partial charge in [0.05, 0.1) is 7.11 Å². The van der Waals surface area contributed by atoms with Crippen molar-refractivity contribution in [1.82, 2.24) is 5.32 Å². The molecule has 1 aliphatic carbocycles. The van der Waals surface area contributed by atoms with Crippen molar-refractivity contribution in [3.05, 3.63) is 51.7 Å². The third kappa shape index (κ3) is 2.89. The number of rotatable bonds is 5. The van der Waals surface area contributed by atoms with Crippen LogP contribution in [0.25, 0.3) is 0 Å². The van der Waals surface area contributed by atoms with Gasteiger partial charge in [-0.15, -0.1) is 11.3 Å². The monoisotopic (exact) mass is 287 g/mol. The lowest BCUT2D eigenvalue weighted by molar-refractivity contribution is 0.289. The molecule has 0 aliphatic heterocycles. The third-order valence-electron chi connectivity index (χ3n) is 4.22. The highest BCUT2D eigenvalue weighted by atomic mass is 32.1. The molecule has 1 saturated carbocycles. The average Bonchev–Trinajstić information content (AvgIpc) is 2.83. The molecule has 20 heavy (non-hydrogen) atoms. The Kier molecular flexibility index (Phi) is 4.08. The molecular formula is C17H21NOS. The number of benzene rings is 1. The summed E-state index contributed by atoms with van der Waals surface area (Å²) in [6, 6.07) is 11.3. The lowest BCUT2D eigenvalue weighted by Gasteiger charge is -2.36. The van der Waals surface area contributed by atoms with Crippen molar-refractivity contribution in [2.45, 2.75) is 38.3 Å². The van der Waals surface area contributed by atoms with Gasteiger partial charge in [0, 0.05) is 17.5 Å². The normalized spacial score (nSPS) is 21.5. The maximum absolute atomic E-state index is 5.30. The topological polar surface area (TPSA) is 21.3 Å². The summed E-state index contributed by atoms with van der Waals surface area (Å²) in [5.41, 5.74) is 2.82. The van der Waals surface area contributed by atoms with Crippen LogP contribution in [0.5, 0.6) is 5.75 Å². The molecule has 0 spiro atoms. The van der Waals surface area contributed by atoms with E-state index in [-0.39, 0.29) is 0 Å². The highest BCUT2D eigenvalue weighted by Crippen LogP contribution is 2.38. The van der Waals surface area contributed by atoms with Gasteiger partial charge in [-0.2, -0.15) is 0 Å². The summed E-state index contributed by atoms with van der Waals surface area (Å²) in [7, 11) is 1.73. The summed E-state index contributed by atoms with van der Waals surface area (Å²) in [6.45, 7) is 3.20. The van der Waals surface area contributed by atoms with E-state index < -0.39 is 0 Å². The smallest absolute Gasteiger partial charge is 0.119 e. The molecule has 0 unspecified atom stereocenters. The molecule has 1 N–H and O–H groups in total. The van der Waals surface area contributed by atoms with Crippen LogP contribution in [0.15, 0.2) is 35.7 Å². The van der Waals surface area contributed by atoms with Crippen LogP contribution in [0.1, 0.15) is 34.8 Å². The summed E-state index contributed by atoms with van der Waals surface area (Å²) in [6.07, 6.45) is 2.47. The molecule has 3 rings (SSSR count). The third-order valence-corrected chi connectivity index (χ3v) is 5.25. The Hall–Kier alpha value is -1.32. The van der Waals surface area contributed by atoms with Crippen LogP contribution in [0.2, 0.25) is 0 Å². The molecule has 2 nitrogen and oxygen atoms in total. The van der Waals surface area contributed by atoms with E-state index in [0.717, 1.165) is 12.3 Å². The molecule has 1 aliphatic rings. The molecule has 1 heterocycles. The quantitative estimate of drug-likeness (QED) is 0.894. The van der Waals surface area contributed by atoms with Crippen molar-refractivity contribution in [2.75, 3.05) is 7.11 Å². The first-order chi connectivity index (χ1) is 9.76. The van der Waals surface area contributed by atoms with Crippen LogP contribution in [-0.2, 0) is 6.54 Å². The lowest BCUT2D eigenvalue weighted by atomic mass is 9.76. The highest BCUT2D eigenvalue weighted by Gasteiger charge is 2.30. The lowest BCUT2D eigenvalue weighted by Crippen LogP contribution is -2.39. The molecule has 0 bridgehead atoms. The first kappa shape index (κ1) is 13.7. The van der Waals surface area contributed by atoms with Crippen molar-refractivity contribution in [2.24, 2.45) is 0 Å². The SMILES string of the molecule is COc1cccc(C2CC(NCc3sccc3C)C2)c1. The zero-order valence-electron chi connectivity index (χ0n) is 12.1. The summed E-state index contributed by atoms with van der Waals surface area (Å²) < 4.78 is 5.30. The molecule has 0 amide bonds. The second kappa shape index (κ2) is 5.98. The Balaban J connectivity index is 1.50. The minimum atomic E-state index is 0.660. The molecule has 3 heteroatoms. The van der Waals surface area contributed by atoms with Crippen molar-refractivity contribution < 1.29 is 4.74 Å².